The maximum absolute atomic E-state index is 12.3. The summed E-state index contributed by atoms with van der Waals surface area (Å²) in [6.07, 6.45) is 0. The van der Waals surface area contributed by atoms with E-state index in [9.17, 15) is 4.79 Å². The Hall–Kier alpha value is -1.71. The van der Waals surface area contributed by atoms with Gasteiger partial charge in [0.05, 0.1) is 10.6 Å². The average Bonchev–Trinajstić information content (AvgIpc) is 2.77. The summed E-state index contributed by atoms with van der Waals surface area (Å²) in [5.74, 6) is 0.0250. The quantitative estimate of drug-likeness (QED) is 0.814. The van der Waals surface area contributed by atoms with Crippen LogP contribution in [0.25, 0.3) is 5.70 Å². The second-order valence-electron chi connectivity index (χ2n) is 4.04. The van der Waals surface area contributed by atoms with Gasteiger partial charge in [-0.25, -0.2) is 0 Å². The van der Waals surface area contributed by atoms with Crippen molar-refractivity contribution >= 4 is 35.6 Å². The number of thioether (sulfide) groups is 1. The normalized spacial score (nSPS) is 15.7. The molecule has 2 aromatic rings. The zero-order valence-corrected chi connectivity index (χ0v) is 11.6. The molecule has 1 aliphatic rings. The van der Waals surface area contributed by atoms with Gasteiger partial charge in [-0.15, -0.1) is 12.4 Å². The average molecular weight is 290 g/mol. The third kappa shape index (κ3) is 2.39. The number of nitrogens with two attached hydrogens (primary N) is 1. The number of hydrogen-bond acceptors (Lipinski definition) is 3. The first-order chi connectivity index (χ1) is 8.77. The first-order valence-electron chi connectivity index (χ1n) is 5.64. The lowest BCUT2D eigenvalue weighted by Gasteiger charge is -2.04. The summed E-state index contributed by atoms with van der Waals surface area (Å²) in [5, 5.41) is 0. The second-order valence-corrected chi connectivity index (χ2v) is 5.09. The van der Waals surface area contributed by atoms with Crippen LogP contribution in [-0.2, 0) is 0 Å². The molecule has 0 bridgehead atoms. The molecule has 2 N–H and O–H groups in total. The number of hydrogen-bond donors (Lipinski definition) is 1. The lowest BCUT2D eigenvalue weighted by Crippen LogP contribution is -2.04. The van der Waals surface area contributed by atoms with Gasteiger partial charge in [0.2, 0.25) is 5.78 Å². The minimum atomic E-state index is 0. The van der Waals surface area contributed by atoms with E-state index in [1.807, 2.05) is 54.6 Å². The van der Waals surface area contributed by atoms with Crippen molar-refractivity contribution < 1.29 is 4.79 Å². The maximum Gasteiger partial charge on any atom is 0.202 e. The monoisotopic (exact) mass is 289 g/mol. The topological polar surface area (TPSA) is 43.1 Å². The molecule has 2 aromatic carbocycles. The van der Waals surface area contributed by atoms with Gasteiger partial charge < -0.3 is 5.73 Å². The van der Waals surface area contributed by atoms with E-state index in [2.05, 4.69) is 0 Å². The molecule has 2 nitrogen and oxygen atoms in total. The molecule has 0 amide bonds. The first kappa shape index (κ1) is 13.7. The summed E-state index contributed by atoms with van der Waals surface area (Å²) in [4.78, 5) is 13.9. The molecule has 19 heavy (non-hydrogen) atoms. The minimum Gasteiger partial charge on any atom is -0.397 e. The summed E-state index contributed by atoms with van der Waals surface area (Å²) in [5.41, 5.74) is 8.30. The maximum atomic E-state index is 12.3. The van der Waals surface area contributed by atoms with Crippen LogP contribution in [0.5, 0.6) is 0 Å². The zero-order valence-electron chi connectivity index (χ0n) is 10.00. The van der Waals surface area contributed by atoms with Gasteiger partial charge in [-0.3, -0.25) is 4.79 Å². The number of ketones is 1. The Labute approximate surface area is 122 Å². The summed E-state index contributed by atoms with van der Waals surface area (Å²) in [6.45, 7) is 0. The summed E-state index contributed by atoms with van der Waals surface area (Å²) >= 11 is 1.45. The molecule has 0 atom stereocenters. The van der Waals surface area contributed by atoms with Crippen LogP contribution in [-0.4, -0.2) is 5.78 Å². The number of carbonyl (C=O) groups excluding carboxylic acids is 1. The molecule has 0 saturated heterocycles. The van der Waals surface area contributed by atoms with Gasteiger partial charge in [0.1, 0.15) is 0 Å². The van der Waals surface area contributed by atoms with Crippen molar-refractivity contribution in [1.82, 2.24) is 0 Å². The van der Waals surface area contributed by atoms with Gasteiger partial charge >= 0.3 is 0 Å². The Morgan fingerprint density at radius 3 is 2.26 bits per heavy atom. The SMILES string of the molecule is Cl.NC(=C1Sc2ccccc2C1=O)c1ccccc1. The molecule has 1 heterocycles. The van der Waals surface area contributed by atoms with Crippen LogP contribution in [0, 0.1) is 0 Å². The van der Waals surface area contributed by atoms with Crippen molar-refractivity contribution in [2.75, 3.05) is 0 Å². The fourth-order valence-corrected chi connectivity index (χ4v) is 3.02. The van der Waals surface area contributed by atoms with Crippen molar-refractivity contribution in [2.24, 2.45) is 5.73 Å². The molecule has 0 radical (unpaired) electrons. The number of benzene rings is 2. The molecule has 0 aromatic heterocycles. The van der Waals surface area contributed by atoms with Crippen molar-refractivity contribution in [3.05, 3.63) is 70.6 Å². The fraction of sp³-hybridized carbons (Fsp3) is 0. The Kier molecular flexibility index (Phi) is 3.98. The number of allylic oxidation sites excluding steroid dienone is 1. The Bertz CT molecular complexity index is 652. The molecular formula is C15H12ClNOS. The van der Waals surface area contributed by atoms with Crippen LogP contribution in [0.15, 0.2) is 64.4 Å². The van der Waals surface area contributed by atoms with E-state index in [-0.39, 0.29) is 18.2 Å². The lowest BCUT2D eigenvalue weighted by atomic mass is 10.1. The van der Waals surface area contributed by atoms with E-state index in [1.54, 1.807) is 0 Å². The smallest absolute Gasteiger partial charge is 0.202 e. The Balaban J connectivity index is 0.00000133. The minimum absolute atomic E-state index is 0. The van der Waals surface area contributed by atoms with Crippen molar-refractivity contribution in [2.45, 2.75) is 4.90 Å². The van der Waals surface area contributed by atoms with Crippen LogP contribution >= 0.6 is 24.2 Å². The predicted octanol–water partition coefficient (Wildman–Crippen LogP) is 3.72. The van der Waals surface area contributed by atoms with E-state index in [0.29, 0.717) is 10.6 Å². The molecule has 3 rings (SSSR count). The van der Waals surface area contributed by atoms with E-state index in [4.69, 9.17) is 5.73 Å². The van der Waals surface area contributed by atoms with E-state index in [0.717, 1.165) is 16.0 Å². The third-order valence-electron chi connectivity index (χ3n) is 2.88. The molecule has 0 fully saturated rings. The summed E-state index contributed by atoms with van der Waals surface area (Å²) < 4.78 is 0. The van der Waals surface area contributed by atoms with Gasteiger partial charge in [-0.2, -0.15) is 0 Å². The highest BCUT2D eigenvalue weighted by Crippen LogP contribution is 2.42. The number of carbonyl (C=O) groups is 1. The Morgan fingerprint density at radius 1 is 0.947 bits per heavy atom. The molecule has 0 aliphatic carbocycles. The summed E-state index contributed by atoms with van der Waals surface area (Å²) in [7, 11) is 0. The van der Waals surface area contributed by atoms with Crippen molar-refractivity contribution in [3.8, 4) is 0 Å². The van der Waals surface area contributed by atoms with Crippen LogP contribution in [0.1, 0.15) is 15.9 Å². The number of fused-ring (bicyclic) bond motifs is 1. The first-order valence-corrected chi connectivity index (χ1v) is 6.46. The van der Waals surface area contributed by atoms with Crippen LogP contribution in [0.2, 0.25) is 0 Å². The van der Waals surface area contributed by atoms with Crippen molar-refractivity contribution in [1.29, 1.82) is 0 Å². The largest absolute Gasteiger partial charge is 0.397 e. The second kappa shape index (κ2) is 5.51. The number of halogens is 1. The predicted molar refractivity (Wildman–Crippen MR) is 81.4 cm³/mol. The number of Topliss-reactive ketones (excluding diaryl/α,β-unsaturated/α-hetero) is 1. The van der Waals surface area contributed by atoms with Gasteiger partial charge in [0.15, 0.2) is 0 Å². The van der Waals surface area contributed by atoms with Crippen LogP contribution < -0.4 is 5.73 Å². The summed E-state index contributed by atoms with van der Waals surface area (Å²) in [6, 6.07) is 17.2. The van der Waals surface area contributed by atoms with E-state index >= 15 is 0 Å². The molecule has 0 spiro atoms. The highest BCUT2D eigenvalue weighted by atomic mass is 35.5. The van der Waals surface area contributed by atoms with Gasteiger partial charge in [-0.05, 0) is 17.7 Å². The van der Waals surface area contributed by atoms with Gasteiger partial charge in [0, 0.05) is 10.5 Å². The third-order valence-corrected chi connectivity index (χ3v) is 4.06. The standard InChI is InChI=1S/C15H11NOS.ClH/c16-13(10-6-2-1-3-7-10)15-14(17)11-8-4-5-9-12(11)18-15;/h1-9H,16H2;1H. The molecule has 0 saturated carbocycles. The fourth-order valence-electron chi connectivity index (χ4n) is 1.95. The molecule has 1 aliphatic heterocycles. The van der Waals surface area contributed by atoms with E-state index < -0.39 is 0 Å². The van der Waals surface area contributed by atoms with Crippen LogP contribution in [0.4, 0.5) is 0 Å². The lowest BCUT2D eigenvalue weighted by molar-refractivity contribution is 0.104. The van der Waals surface area contributed by atoms with Gasteiger partial charge in [-0.1, -0.05) is 54.2 Å². The molecular weight excluding hydrogens is 278 g/mol. The number of rotatable bonds is 1. The highest BCUT2D eigenvalue weighted by molar-refractivity contribution is 8.05. The molecule has 0 unspecified atom stereocenters. The van der Waals surface area contributed by atoms with Crippen LogP contribution in [0.3, 0.4) is 0 Å². The zero-order chi connectivity index (χ0) is 12.5. The molecule has 4 heteroatoms. The van der Waals surface area contributed by atoms with Crippen molar-refractivity contribution in [3.63, 3.8) is 0 Å². The molecule has 96 valence electrons. The van der Waals surface area contributed by atoms with Gasteiger partial charge in [0.25, 0.3) is 0 Å². The van der Waals surface area contributed by atoms with E-state index in [1.165, 1.54) is 11.8 Å². The highest BCUT2D eigenvalue weighted by Gasteiger charge is 2.27. The Morgan fingerprint density at radius 2 is 1.58 bits per heavy atom.